The second-order valence-electron chi connectivity index (χ2n) is 3.63. The van der Waals surface area contributed by atoms with Gasteiger partial charge >= 0.3 is 0 Å². The van der Waals surface area contributed by atoms with Gasteiger partial charge in [0.2, 0.25) is 0 Å². The molecule has 0 radical (unpaired) electrons. The number of furan rings is 1. The molecule has 16 heavy (non-hydrogen) atoms. The van der Waals surface area contributed by atoms with Gasteiger partial charge in [-0.25, -0.2) is 4.99 Å². The number of hydrogen-bond donors (Lipinski definition) is 1. The van der Waals surface area contributed by atoms with Crippen LogP contribution in [-0.2, 0) is 6.42 Å². The molecule has 0 bridgehead atoms. The van der Waals surface area contributed by atoms with Crippen LogP contribution >= 0.6 is 0 Å². The van der Waals surface area contributed by atoms with Crippen LogP contribution in [0.3, 0.4) is 0 Å². The number of nitrogens with zero attached hydrogens (tertiary/aromatic N) is 3. The van der Waals surface area contributed by atoms with Crippen molar-refractivity contribution in [2.24, 2.45) is 15.7 Å². The third-order valence-electron chi connectivity index (χ3n) is 2.63. The molecule has 86 valence electrons. The van der Waals surface area contributed by atoms with Gasteiger partial charge in [0.1, 0.15) is 17.1 Å². The minimum Gasteiger partial charge on any atom is -0.456 e. The lowest BCUT2D eigenvalue weighted by Crippen LogP contribution is -2.39. The lowest BCUT2D eigenvalue weighted by molar-refractivity contribution is 0.506. The molecule has 5 nitrogen and oxygen atoms in total. The maximum Gasteiger partial charge on any atom is 0.173 e. The molecule has 5 heteroatoms. The Morgan fingerprint density at radius 3 is 3.06 bits per heavy atom. The monoisotopic (exact) mass is 220 g/mol. The zero-order valence-corrected chi connectivity index (χ0v) is 9.77. The number of fused-ring (bicyclic) bond motifs is 1. The molecule has 1 aliphatic heterocycles. The summed E-state index contributed by atoms with van der Waals surface area (Å²) in [6, 6.07) is 0. The van der Waals surface area contributed by atoms with Crippen LogP contribution in [0.5, 0.6) is 0 Å². The zero-order chi connectivity index (χ0) is 11.7. The predicted octanol–water partition coefficient (Wildman–Crippen LogP) is 1.68. The van der Waals surface area contributed by atoms with E-state index in [0.29, 0.717) is 0 Å². The molecule has 2 heterocycles. The van der Waals surface area contributed by atoms with Gasteiger partial charge in [0.25, 0.3) is 0 Å². The Morgan fingerprint density at radius 2 is 2.44 bits per heavy atom. The third kappa shape index (κ3) is 1.53. The van der Waals surface area contributed by atoms with Crippen LogP contribution in [0.2, 0.25) is 0 Å². The first-order chi connectivity index (χ1) is 7.69. The average molecular weight is 220 g/mol. The van der Waals surface area contributed by atoms with Crippen molar-refractivity contribution in [1.29, 1.82) is 0 Å². The minimum absolute atomic E-state index is 0.361. The highest BCUT2D eigenvalue weighted by molar-refractivity contribution is 5.93. The van der Waals surface area contributed by atoms with E-state index in [4.69, 9.17) is 10.2 Å². The summed E-state index contributed by atoms with van der Waals surface area (Å²) in [6.45, 7) is 3.92. The summed E-state index contributed by atoms with van der Waals surface area (Å²) >= 11 is 0. The summed E-state index contributed by atoms with van der Waals surface area (Å²) in [7, 11) is 1.89. The highest BCUT2D eigenvalue weighted by Gasteiger charge is 2.26. The van der Waals surface area contributed by atoms with Crippen molar-refractivity contribution in [2.45, 2.75) is 26.6 Å². The second kappa shape index (κ2) is 4.09. The van der Waals surface area contributed by atoms with E-state index < -0.39 is 0 Å². The summed E-state index contributed by atoms with van der Waals surface area (Å²) in [4.78, 5) is 10.4. The van der Waals surface area contributed by atoms with Crippen LogP contribution < -0.4 is 10.6 Å². The predicted molar refractivity (Wildman–Crippen MR) is 65.9 cm³/mol. The maximum absolute atomic E-state index is 5.84. The molecule has 1 aromatic rings. The van der Waals surface area contributed by atoms with Crippen LogP contribution in [0.15, 0.2) is 14.4 Å². The van der Waals surface area contributed by atoms with Gasteiger partial charge in [-0.1, -0.05) is 6.92 Å². The van der Waals surface area contributed by atoms with Crippen LogP contribution in [0, 0.1) is 0 Å². The first-order valence-electron chi connectivity index (χ1n) is 5.35. The topological polar surface area (TPSA) is 67.1 Å². The molecule has 0 aliphatic carbocycles. The van der Waals surface area contributed by atoms with Crippen LogP contribution in [0.1, 0.15) is 25.4 Å². The van der Waals surface area contributed by atoms with E-state index in [2.05, 4.69) is 9.98 Å². The molecule has 0 aromatic carbocycles. The standard InChI is InChI=1S/C11H16N4O/c1-4-7-9(13-5-2)10-8(16-7)6-14-11(12)15(10)3/h5-6,11H,4,12H2,1-3H3/b13-5-. The average Bonchev–Trinajstić information content (AvgIpc) is 2.63. The van der Waals surface area contributed by atoms with Crippen molar-refractivity contribution in [3.8, 4) is 0 Å². The quantitative estimate of drug-likeness (QED) is 0.771. The molecule has 0 saturated carbocycles. The SMILES string of the molecule is C/C=N\c1c(CC)oc2c1N(C)C(N)N=C2. The molecule has 0 saturated heterocycles. The molecule has 1 aromatic heterocycles. The van der Waals surface area contributed by atoms with Crippen molar-refractivity contribution in [1.82, 2.24) is 0 Å². The summed E-state index contributed by atoms with van der Waals surface area (Å²) in [5.41, 5.74) is 7.64. The van der Waals surface area contributed by atoms with E-state index in [1.54, 1.807) is 12.4 Å². The fourth-order valence-electron chi connectivity index (χ4n) is 1.78. The van der Waals surface area contributed by atoms with E-state index in [-0.39, 0.29) is 6.29 Å². The number of hydrogen-bond acceptors (Lipinski definition) is 5. The van der Waals surface area contributed by atoms with E-state index in [0.717, 1.165) is 29.3 Å². The Balaban J connectivity index is 2.59. The molecule has 2 N–H and O–H groups in total. The largest absolute Gasteiger partial charge is 0.456 e. The van der Waals surface area contributed by atoms with Gasteiger partial charge in [-0.2, -0.15) is 0 Å². The van der Waals surface area contributed by atoms with Gasteiger partial charge in [-0.05, 0) is 6.92 Å². The Labute approximate surface area is 94.7 Å². The number of rotatable bonds is 2. The van der Waals surface area contributed by atoms with Crippen LogP contribution in [0.25, 0.3) is 0 Å². The molecule has 1 unspecified atom stereocenters. The highest BCUT2D eigenvalue weighted by Crippen LogP contribution is 2.39. The smallest absolute Gasteiger partial charge is 0.173 e. The molecular formula is C11H16N4O. The fraction of sp³-hybridized carbons (Fsp3) is 0.455. The van der Waals surface area contributed by atoms with Gasteiger partial charge < -0.3 is 9.32 Å². The number of aliphatic imine (C=N–C) groups is 2. The van der Waals surface area contributed by atoms with Crippen molar-refractivity contribution >= 4 is 23.8 Å². The minimum atomic E-state index is -0.361. The molecule has 0 spiro atoms. The Hall–Kier alpha value is -1.62. The first kappa shape index (κ1) is 10.9. The lowest BCUT2D eigenvalue weighted by Gasteiger charge is -2.25. The van der Waals surface area contributed by atoms with Crippen molar-refractivity contribution in [2.75, 3.05) is 11.9 Å². The number of anilines is 1. The molecule has 1 aliphatic rings. The molecule has 0 amide bonds. The summed E-state index contributed by atoms with van der Waals surface area (Å²) in [6.07, 6.45) is 3.88. The molecular weight excluding hydrogens is 204 g/mol. The van der Waals surface area contributed by atoms with E-state index >= 15 is 0 Å². The number of nitrogens with two attached hydrogens (primary N) is 1. The van der Waals surface area contributed by atoms with Gasteiger partial charge in [-0.3, -0.25) is 10.7 Å². The Kier molecular flexibility index (Phi) is 2.78. The van der Waals surface area contributed by atoms with Crippen LogP contribution in [-0.4, -0.2) is 25.8 Å². The first-order valence-corrected chi connectivity index (χ1v) is 5.35. The third-order valence-corrected chi connectivity index (χ3v) is 2.63. The molecule has 1 atom stereocenters. The lowest BCUT2D eigenvalue weighted by atomic mass is 10.2. The van der Waals surface area contributed by atoms with Crippen molar-refractivity contribution in [3.05, 3.63) is 11.5 Å². The number of aryl methyl sites for hydroxylation is 1. The zero-order valence-electron chi connectivity index (χ0n) is 9.77. The van der Waals surface area contributed by atoms with Crippen molar-refractivity contribution < 1.29 is 4.42 Å². The van der Waals surface area contributed by atoms with Crippen molar-refractivity contribution in [3.63, 3.8) is 0 Å². The normalized spacial score (nSPS) is 19.5. The second-order valence-corrected chi connectivity index (χ2v) is 3.63. The summed E-state index contributed by atoms with van der Waals surface area (Å²) < 4.78 is 5.70. The molecule has 2 rings (SSSR count). The van der Waals surface area contributed by atoms with Gasteiger partial charge in [0.05, 0.1) is 6.21 Å². The Bertz CT molecular complexity index is 447. The van der Waals surface area contributed by atoms with Gasteiger partial charge in [-0.15, -0.1) is 0 Å². The van der Waals surface area contributed by atoms with Gasteiger partial charge in [0, 0.05) is 19.7 Å². The van der Waals surface area contributed by atoms with Gasteiger partial charge in [0.15, 0.2) is 12.0 Å². The van der Waals surface area contributed by atoms with Crippen LogP contribution in [0.4, 0.5) is 11.4 Å². The van der Waals surface area contributed by atoms with E-state index in [9.17, 15) is 0 Å². The summed E-state index contributed by atoms with van der Waals surface area (Å²) in [5, 5.41) is 0. The fourth-order valence-corrected chi connectivity index (χ4v) is 1.78. The summed E-state index contributed by atoms with van der Waals surface area (Å²) in [5.74, 6) is 1.61. The maximum atomic E-state index is 5.84. The Morgan fingerprint density at radius 1 is 1.69 bits per heavy atom. The highest BCUT2D eigenvalue weighted by atomic mass is 16.3. The molecule has 0 fully saturated rings. The van der Waals surface area contributed by atoms with E-state index in [1.807, 2.05) is 25.8 Å². The van der Waals surface area contributed by atoms with E-state index in [1.165, 1.54) is 0 Å².